The fourth-order valence-electron chi connectivity index (χ4n) is 11.4. The minimum atomic E-state index is -1.09. The number of hydrogen-bond acceptors (Lipinski definition) is 10. The van der Waals surface area contributed by atoms with Crippen LogP contribution < -0.4 is 30.2 Å². The van der Waals surface area contributed by atoms with Crippen molar-refractivity contribution in [3.63, 3.8) is 0 Å². The number of nitrogens with zero attached hydrogens (tertiary/aromatic N) is 4. The van der Waals surface area contributed by atoms with Crippen LogP contribution in [0.1, 0.15) is 142 Å². The largest absolute Gasteiger partial charge is 0.462 e. The molecule has 16 heteroatoms. The van der Waals surface area contributed by atoms with Crippen molar-refractivity contribution in [3.05, 3.63) is 108 Å². The van der Waals surface area contributed by atoms with Crippen molar-refractivity contribution in [2.45, 2.75) is 132 Å². The van der Waals surface area contributed by atoms with E-state index >= 15 is 19.2 Å². The Morgan fingerprint density at radius 1 is 0.525 bits per heavy atom. The van der Waals surface area contributed by atoms with E-state index in [4.69, 9.17) is 9.47 Å². The minimum Gasteiger partial charge on any atom is -0.462 e. The molecule has 6 amide bonds. The van der Waals surface area contributed by atoms with E-state index in [1.165, 1.54) is 9.80 Å². The summed E-state index contributed by atoms with van der Waals surface area (Å²) in [7, 11) is 0. The van der Waals surface area contributed by atoms with Crippen molar-refractivity contribution >= 4 is 92.4 Å². The van der Waals surface area contributed by atoms with Crippen molar-refractivity contribution in [2.75, 3.05) is 59.0 Å². The Balaban J connectivity index is 1.45. The highest BCUT2D eigenvalue weighted by Crippen LogP contribution is 2.54. The van der Waals surface area contributed by atoms with Crippen LogP contribution in [0.25, 0.3) is 22.3 Å². The summed E-state index contributed by atoms with van der Waals surface area (Å²) in [6.07, 6.45) is 9.73. The van der Waals surface area contributed by atoms with Crippen molar-refractivity contribution in [2.24, 2.45) is 23.7 Å². The second kappa shape index (κ2) is 27.0. The Hall–Kier alpha value is -7.62. The molecule has 0 spiro atoms. The lowest BCUT2D eigenvalue weighted by atomic mass is 9.92. The zero-order chi connectivity index (χ0) is 57.9. The summed E-state index contributed by atoms with van der Waals surface area (Å²) >= 11 is 0. The fraction of sp³-hybridized carbons (Fsp3) is 0.469. The topological polar surface area (TPSA) is 192 Å². The highest BCUT2D eigenvalue weighted by atomic mass is 16.5. The molecule has 3 aromatic carbocycles. The maximum Gasteiger partial charge on any atom is 0.329 e. The molecule has 0 aromatic heterocycles. The number of carbonyl (C=O) groups is 8. The molecule has 2 N–H and O–H groups in total. The third-order valence-electron chi connectivity index (χ3n) is 15.6. The molecule has 0 fully saturated rings. The number of ether oxygens (including phenoxy) is 2. The number of rotatable bonds is 28. The standard InChI is InChI=1S/C64H80N6O10/c1-11-17-23-41(13-3)37-67-49-35-46-50(36-45(49)57(59(67)73)55-43-25-19-21-27-47(43)69(61(55)75)51(33-39(7)8)63(77)79-31-29-65-53(71)15-5)68(38-42(14-4)24-18-12-2)60(74)58(46)56-44-26-20-22-28-48(44)70(62(56)76)52(34-40(9)10)64(78)80-32-30-66-54(72)16-6/h15-16,19-22,25-28,35-36,39-42,51-52H,5-6,11-14,17-18,23-24,29-34,37-38H2,1-4,7-10H3,(H,65,71)(H,66,72)/b57-55+,58-56+. The van der Waals surface area contributed by atoms with Crippen molar-refractivity contribution in [3.8, 4) is 0 Å². The maximum absolute atomic E-state index is 15.8. The zero-order valence-corrected chi connectivity index (χ0v) is 48.0. The average Bonchev–Trinajstić information content (AvgIpc) is 4.01. The van der Waals surface area contributed by atoms with Gasteiger partial charge in [0.25, 0.3) is 23.6 Å². The van der Waals surface area contributed by atoms with Crippen molar-refractivity contribution in [1.29, 1.82) is 0 Å². The lowest BCUT2D eigenvalue weighted by molar-refractivity contribution is -0.147. The van der Waals surface area contributed by atoms with Gasteiger partial charge in [-0.05, 0) is 85.8 Å². The molecule has 16 nitrogen and oxygen atoms in total. The van der Waals surface area contributed by atoms with E-state index < -0.39 is 59.5 Å². The van der Waals surface area contributed by atoms with Gasteiger partial charge in [-0.1, -0.05) is 143 Å². The molecule has 0 bridgehead atoms. The number of para-hydroxylation sites is 2. The molecule has 4 aliphatic heterocycles. The Labute approximate surface area is 471 Å². The van der Waals surface area contributed by atoms with Crippen LogP contribution in [-0.4, -0.2) is 98.9 Å². The van der Waals surface area contributed by atoms with Gasteiger partial charge in [0.05, 0.1) is 58.1 Å². The summed E-state index contributed by atoms with van der Waals surface area (Å²) in [5.41, 5.74) is 4.26. The molecule has 0 aliphatic carbocycles. The van der Waals surface area contributed by atoms with Gasteiger partial charge in [-0.25, -0.2) is 9.59 Å². The quantitative estimate of drug-likeness (QED) is 0.0402. The van der Waals surface area contributed by atoms with Gasteiger partial charge in [0.1, 0.15) is 25.3 Å². The number of anilines is 4. The molecule has 80 heavy (non-hydrogen) atoms. The van der Waals surface area contributed by atoms with Gasteiger partial charge in [0, 0.05) is 35.3 Å². The monoisotopic (exact) mass is 1090 g/mol. The molecule has 0 radical (unpaired) electrons. The Kier molecular flexibility index (Phi) is 20.3. The van der Waals surface area contributed by atoms with Crippen LogP contribution in [0, 0.1) is 23.7 Å². The molecule has 4 atom stereocenters. The van der Waals surface area contributed by atoms with Crippen LogP contribution in [0.4, 0.5) is 22.7 Å². The normalized spacial score (nSPS) is 17.8. The van der Waals surface area contributed by atoms with Crippen LogP contribution in [0.5, 0.6) is 0 Å². The smallest absolute Gasteiger partial charge is 0.329 e. The molecule has 426 valence electrons. The van der Waals surface area contributed by atoms with E-state index in [-0.39, 0.29) is 85.1 Å². The average molecular weight is 1090 g/mol. The predicted molar refractivity (Wildman–Crippen MR) is 314 cm³/mol. The van der Waals surface area contributed by atoms with Gasteiger partial charge in [-0.2, -0.15) is 0 Å². The number of benzene rings is 3. The lowest BCUT2D eigenvalue weighted by Gasteiger charge is -2.28. The molecule has 4 aliphatic rings. The first-order chi connectivity index (χ1) is 38.5. The van der Waals surface area contributed by atoms with Crippen LogP contribution in [0.3, 0.4) is 0 Å². The summed E-state index contributed by atoms with van der Waals surface area (Å²) < 4.78 is 11.5. The van der Waals surface area contributed by atoms with Gasteiger partial charge in [-0.3, -0.25) is 38.6 Å². The molecular weight excluding hydrogens is 1010 g/mol. The highest BCUT2D eigenvalue weighted by molar-refractivity contribution is 6.52. The first-order valence-electron chi connectivity index (χ1n) is 28.8. The Morgan fingerprint density at radius 3 is 1.23 bits per heavy atom. The van der Waals surface area contributed by atoms with Gasteiger partial charge < -0.3 is 29.9 Å². The number of nitrogens with one attached hydrogen (secondary N) is 2. The predicted octanol–water partition coefficient (Wildman–Crippen LogP) is 9.85. The minimum absolute atomic E-state index is 0.0366. The van der Waals surface area contributed by atoms with Gasteiger partial charge in [0.2, 0.25) is 11.8 Å². The van der Waals surface area contributed by atoms with Crippen LogP contribution in [0.15, 0.2) is 86.0 Å². The van der Waals surface area contributed by atoms with Gasteiger partial charge in [0.15, 0.2) is 0 Å². The second-order valence-electron chi connectivity index (χ2n) is 22.1. The third kappa shape index (κ3) is 12.5. The van der Waals surface area contributed by atoms with E-state index in [2.05, 4.69) is 51.5 Å². The van der Waals surface area contributed by atoms with Crippen LogP contribution in [-0.2, 0) is 47.8 Å². The van der Waals surface area contributed by atoms with E-state index in [0.29, 0.717) is 58.1 Å². The summed E-state index contributed by atoms with van der Waals surface area (Å²) in [5, 5.41) is 5.22. The van der Waals surface area contributed by atoms with Crippen LogP contribution >= 0.6 is 0 Å². The second-order valence-corrected chi connectivity index (χ2v) is 22.1. The van der Waals surface area contributed by atoms with E-state index in [1.54, 1.807) is 58.3 Å². The third-order valence-corrected chi connectivity index (χ3v) is 15.6. The number of esters is 2. The molecule has 0 saturated carbocycles. The Morgan fingerprint density at radius 2 is 0.887 bits per heavy atom. The molecule has 4 unspecified atom stereocenters. The zero-order valence-electron chi connectivity index (χ0n) is 48.0. The van der Waals surface area contributed by atoms with Gasteiger partial charge in [-0.15, -0.1) is 0 Å². The highest BCUT2D eigenvalue weighted by Gasteiger charge is 2.50. The van der Waals surface area contributed by atoms with E-state index in [0.717, 1.165) is 63.5 Å². The number of fused-ring (bicyclic) bond motifs is 4. The molecule has 4 heterocycles. The summed E-state index contributed by atoms with van der Waals surface area (Å²) in [6, 6.07) is 15.8. The summed E-state index contributed by atoms with van der Waals surface area (Å²) in [4.78, 5) is 121. The molecule has 0 saturated heterocycles. The van der Waals surface area contributed by atoms with E-state index in [1.807, 2.05) is 39.8 Å². The number of unbranched alkanes of at least 4 members (excludes halogenated alkanes) is 2. The number of carbonyl (C=O) groups excluding carboxylic acids is 8. The molecule has 7 rings (SSSR count). The lowest BCUT2D eigenvalue weighted by Crippen LogP contribution is -2.45. The summed E-state index contributed by atoms with van der Waals surface area (Å²) in [5.74, 6) is -4.03. The van der Waals surface area contributed by atoms with Crippen molar-refractivity contribution < 1.29 is 47.8 Å². The Bertz CT molecular complexity index is 2780. The summed E-state index contributed by atoms with van der Waals surface area (Å²) in [6.45, 7) is 23.6. The number of hydrogen-bond donors (Lipinski definition) is 2. The molecular formula is C64H80N6O10. The first kappa shape index (κ1) is 60.0. The number of amides is 6. The van der Waals surface area contributed by atoms with E-state index in [9.17, 15) is 19.2 Å². The fourth-order valence-corrected chi connectivity index (χ4v) is 11.4. The van der Waals surface area contributed by atoms with Crippen LogP contribution in [0.2, 0.25) is 0 Å². The maximum atomic E-state index is 15.8. The molecule has 3 aromatic rings. The first-order valence-corrected chi connectivity index (χ1v) is 28.8. The van der Waals surface area contributed by atoms with Gasteiger partial charge >= 0.3 is 11.9 Å². The van der Waals surface area contributed by atoms with Crippen molar-refractivity contribution in [1.82, 2.24) is 10.6 Å². The SMILES string of the molecule is C=CC(=O)NCCOC(=O)C(CC(C)C)N1C(=O)/C(=C2/C(=O)N(CC(CC)CCCC)c3cc4c(cc32)N(CC(CC)CCCC)C(=O)/C4=C2/C(=O)N(C(CC(C)C)C(=O)OCCNC(=O)C=C)c3ccccc32)c2ccccc21.